The Bertz CT molecular complexity index is 487. The summed E-state index contributed by atoms with van der Waals surface area (Å²) in [5.41, 5.74) is 0. The molecule has 28 heavy (non-hydrogen) atoms. The highest BCUT2D eigenvalue weighted by molar-refractivity contribution is 5.91. The van der Waals surface area contributed by atoms with Crippen LogP contribution in [0.3, 0.4) is 0 Å². The van der Waals surface area contributed by atoms with Gasteiger partial charge in [-0.1, -0.05) is 6.92 Å². The standard InChI is InChI=1S/C18H30O10/c1-5-7-14(19)26-10-13(11-27-16(21)8-15(20)25-6-2)12-28-17(22)9-18(23-3)24-4/h13,18H,5-12H2,1-4H3. The highest BCUT2D eigenvalue weighted by Gasteiger charge is 2.20. The molecule has 0 heterocycles. The Hall–Kier alpha value is -2.20. The summed E-state index contributed by atoms with van der Waals surface area (Å²) in [5, 5.41) is 0. The third kappa shape index (κ3) is 13.0. The molecule has 0 N–H and O–H groups in total. The minimum absolute atomic E-state index is 0.100. The van der Waals surface area contributed by atoms with Gasteiger partial charge in [0, 0.05) is 20.6 Å². The van der Waals surface area contributed by atoms with E-state index in [1.165, 1.54) is 14.2 Å². The first-order chi connectivity index (χ1) is 13.4. The molecule has 10 heteroatoms. The third-order valence-electron chi connectivity index (χ3n) is 3.35. The van der Waals surface area contributed by atoms with Crippen molar-refractivity contribution in [2.45, 2.75) is 45.8 Å². The summed E-state index contributed by atoms with van der Waals surface area (Å²) < 4.78 is 29.7. The van der Waals surface area contributed by atoms with Crippen LogP contribution in [0.2, 0.25) is 0 Å². The molecule has 162 valence electrons. The molecule has 0 bridgehead atoms. The van der Waals surface area contributed by atoms with Gasteiger partial charge in [-0.25, -0.2) is 0 Å². The zero-order chi connectivity index (χ0) is 21.4. The minimum Gasteiger partial charge on any atom is -0.466 e. The Labute approximate surface area is 164 Å². The van der Waals surface area contributed by atoms with Crippen LogP contribution in [0.15, 0.2) is 0 Å². The molecule has 0 aliphatic carbocycles. The van der Waals surface area contributed by atoms with Crippen molar-refractivity contribution in [3.8, 4) is 0 Å². The lowest BCUT2D eigenvalue weighted by atomic mass is 10.2. The second-order valence-corrected chi connectivity index (χ2v) is 5.75. The topological polar surface area (TPSA) is 124 Å². The average Bonchev–Trinajstić information content (AvgIpc) is 2.65. The van der Waals surface area contributed by atoms with Crippen molar-refractivity contribution >= 4 is 23.9 Å². The molecule has 0 amide bonds. The van der Waals surface area contributed by atoms with E-state index in [2.05, 4.69) is 4.74 Å². The lowest BCUT2D eigenvalue weighted by Gasteiger charge is -2.18. The molecule has 1 unspecified atom stereocenters. The lowest BCUT2D eigenvalue weighted by Crippen LogP contribution is -2.28. The number of carbonyl (C=O) groups is 4. The van der Waals surface area contributed by atoms with Gasteiger partial charge in [0.15, 0.2) is 6.29 Å². The van der Waals surface area contributed by atoms with Gasteiger partial charge in [0.1, 0.15) is 26.2 Å². The smallest absolute Gasteiger partial charge is 0.317 e. The molecule has 1 atom stereocenters. The molecule has 0 saturated carbocycles. The van der Waals surface area contributed by atoms with E-state index < -0.39 is 42.5 Å². The van der Waals surface area contributed by atoms with Crippen LogP contribution in [0.5, 0.6) is 0 Å². The fourth-order valence-corrected chi connectivity index (χ4v) is 1.89. The average molecular weight is 406 g/mol. The van der Waals surface area contributed by atoms with E-state index in [9.17, 15) is 19.2 Å². The highest BCUT2D eigenvalue weighted by Crippen LogP contribution is 2.07. The molecule has 0 aromatic carbocycles. The number of ether oxygens (including phenoxy) is 6. The molecule has 0 aromatic rings. The molecule has 0 aliphatic heterocycles. The second-order valence-electron chi connectivity index (χ2n) is 5.75. The van der Waals surface area contributed by atoms with E-state index in [-0.39, 0.29) is 39.3 Å². The lowest BCUT2D eigenvalue weighted by molar-refractivity contribution is -0.163. The number of methoxy groups -OCH3 is 2. The first-order valence-corrected chi connectivity index (χ1v) is 9.04. The molecular weight excluding hydrogens is 376 g/mol. The Balaban J connectivity index is 4.55. The monoisotopic (exact) mass is 406 g/mol. The normalized spacial score (nSPS) is 11.6. The Kier molecular flexibility index (Phi) is 14.6. The minimum atomic E-state index is -0.784. The Morgan fingerprint density at radius 3 is 1.71 bits per heavy atom. The van der Waals surface area contributed by atoms with Crippen LogP contribution in [0.25, 0.3) is 0 Å². The summed E-state index contributed by atoms with van der Waals surface area (Å²) >= 11 is 0. The van der Waals surface area contributed by atoms with Crippen molar-refractivity contribution in [1.29, 1.82) is 0 Å². The zero-order valence-electron chi connectivity index (χ0n) is 16.9. The summed E-state index contributed by atoms with van der Waals surface area (Å²) in [6.45, 7) is 3.17. The summed E-state index contributed by atoms with van der Waals surface area (Å²) in [7, 11) is 2.78. The largest absolute Gasteiger partial charge is 0.466 e. The SMILES string of the molecule is CCCC(=O)OCC(COC(=O)CC(=O)OCC)COC(=O)CC(OC)OC. The van der Waals surface area contributed by atoms with Gasteiger partial charge in [0.25, 0.3) is 0 Å². The first kappa shape index (κ1) is 25.8. The van der Waals surface area contributed by atoms with E-state index >= 15 is 0 Å². The predicted octanol–water partition coefficient (Wildman–Crippen LogP) is 0.995. The van der Waals surface area contributed by atoms with Gasteiger partial charge in [-0.05, 0) is 13.3 Å². The molecule has 0 spiro atoms. The van der Waals surface area contributed by atoms with Crippen molar-refractivity contribution in [3.05, 3.63) is 0 Å². The first-order valence-electron chi connectivity index (χ1n) is 9.04. The molecule has 0 radical (unpaired) electrons. The van der Waals surface area contributed by atoms with Crippen molar-refractivity contribution < 1.29 is 47.6 Å². The van der Waals surface area contributed by atoms with Crippen molar-refractivity contribution in [1.82, 2.24) is 0 Å². The number of esters is 4. The van der Waals surface area contributed by atoms with Gasteiger partial charge in [0.2, 0.25) is 0 Å². The van der Waals surface area contributed by atoms with E-state index in [0.29, 0.717) is 6.42 Å². The van der Waals surface area contributed by atoms with Crippen LogP contribution >= 0.6 is 0 Å². The van der Waals surface area contributed by atoms with Gasteiger partial charge < -0.3 is 28.4 Å². The Morgan fingerprint density at radius 2 is 1.21 bits per heavy atom. The van der Waals surface area contributed by atoms with Crippen molar-refractivity contribution in [3.63, 3.8) is 0 Å². The number of rotatable bonds is 15. The van der Waals surface area contributed by atoms with Gasteiger partial charge in [-0.3, -0.25) is 19.2 Å². The molecule has 0 rings (SSSR count). The zero-order valence-corrected chi connectivity index (χ0v) is 16.9. The van der Waals surface area contributed by atoms with E-state index in [1.807, 2.05) is 6.92 Å². The quantitative estimate of drug-likeness (QED) is 0.168. The molecule has 0 aliphatic rings. The van der Waals surface area contributed by atoms with Crippen LogP contribution in [0.1, 0.15) is 39.5 Å². The van der Waals surface area contributed by atoms with Crippen LogP contribution in [-0.4, -0.2) is 70.8 Å². The van der Waals surface area contributed by atoms with Gasteiger partial charge in [-0.2, -0.15) is 0 Å². The van der Waals surface area contributed by atoms with Gasteiger partial charge >= 0.3 is 23.9 Å². The Morgan fingerprint density at radius 1 is 0.714 bits per heavy atom. The maximum atomic E-state index is 11.8. The summed E-state index contributed by atoms with van der Waals surface area (Å²) in [6.07, 6.45) is -0.520. The summed E-state index contributed by atoms with van der Waals surface area (Å²) in [4.78, 5) is 46.3. The van der Waals surface area contributed by atoms with E-state index in [4.69, 9.17) is 23.7 Å². The number of hydrogen-bond donors (Lipinski definition) is 0. The molecule has 0 aromatic heterocycles. The molecular formula is C18H30O10. The van der Waals surface area contributed by atoms with Crippen LogP contribution < -0.4 is 0 Å². The number of carbonyl (C=O) groups excluding carboxylic acids is 4. The van der Waals surface area contributed by atoms with Crippen molar-refractivity contribution in [2.75, 3.05) is 40.6 Å². The number of hydrogen-bond acceptors (Lipinski definition) is 10. The molecule has 10 nitrogen and oxygen atoms in total. The van der Waals surface area contributed by atoms with Crippen LogP contribution in [-0.2, 0) is 47.6 Å². The van der Waals surface area contributed by atoms with Crippen molar-refractivity contribution in [2.24, 2.45) is 5.92 Å². The highest BCUT2D eigenvalue weighted by atomic mass is 16.7. The maximum absolute atomic E-state index is 11.8. The van der Waals surface area contributed by atoms with E-state index in [0.717, 1.165) is 0 Å². The fraction of sp³-hybridized carbons (Fsp3) is 0.778. The van der Waals surface area contributed by atoms with Gasteiger partial charge in [-0.15, -0.1) is 0 Å². The summed E-state index contributed by atoms with van der Waals surface area (Å²) in [5.74, 6) is -3.06. The fourth-order valence-electron chi connectivity index (χ4n) is 1.89. The van der Waals surface area contributed by atoms with Crippen LogP contribution in [0, 0.1) is 5.92 Å². The van der Waals surface area contributed by atoms with E-state index in [1.54, 1.807) is 6.92 Å². The van der Waals surface area contributed by atoms with Crippen LogP contribution in [0.4, 0.5) is 0 Å². The van der Waals surface area contributed by atoms with Gasteiger partial charge in [0.05, 0.1) is 18.9 Å². The molecule has 0 fully saturated rings. The predicted molar refractivity (Wildman–Crippen MR) is 94.9 cm³/mol. The maximum Gasteiger partial charge on any atom is 0.317 e. The second kappa shape index (κ2) is 15.8. The third-order valence-corrected chi connectivity index (χ3v) is 3.35. The summed E-state index contributed by atoms with van der Waals surface area (Å²) in [6, 6.07) is 0. The molecule has 0 saturated heterocycles.